The van der Waals surface area contributed by atoms with Crippen molar-refractivity contribution in [1.82, 2.24) is 14.5 Å². The Morgan fingerprint density at radius 1 is 1.71 bits per heavy atom. The summed E-state index contributed by atoms with van der Waals surface area (Å²) in [5.41, 5.74) is -2.04. The number of halogens is 1. The second-order valence-corrected chi connectivity index (χ2v) is 4.83. The third-order valence-electron chi connectivity index (χ3n) is 3.65. The first kappa shape index (κ1) is 13.8. The molecule has 3 atom stereocenters. The topological polar surface area (TPSA) is 100 Å². The number of aliphatic hydroxyl groups is 2. The fourth-order valence-corrected chi connectivity index (χ4v) is 2.49. The van der Waals surface area contributed by atoms with Crippen molar-refractivity contribution in [3.63, 3.8) is 0 Å². The van der Waals surface area contributed by atoms with Gasteiger partial charge in [0, 0.05) is 12.6 Å². The minimum Gasteiger partial charge on any atom is -0.392 e. The van der Waals surface area contributed by atoms with Crippen LogP contribution in [0.5, 0.6) is 0 Å². The molecule has 0 aliphatic carbocycles. The van der Waals surface area contributed by atoms with Crippen LogP contribution in [-0.4, -0.2) is 43.1 Å². The van der Waals surface area contributed by atoms with Gasteiger partial charge in [0.1, 0.15) is 12.3 Å². The summed E-state index contributed by atoms with van der Waals surface area (Å²) in [5.74, 6) is 2.24. The smallest absolute Gasteiger partial charge is 0.291 e. The number of aliphatic hydroxyl groups excluding tert-OH is 2. The van der Waals surface area contributed by atoms with Gasteiger partial charge < -0.3 is 19.5 Å². The number of fused-ring (bicyclic) bond motifs is 1. The molecule has 3 heterocycles. The number of nitrogens with zero attached hydrogens (tertiary/aromatic N) is 2. The maximum atomic E-state index is 13.3. The fraction of sp³-hybridized carbons (Fsp3) is 0.385. The van der Waals surface area contributed by atoms with Crippen LogP contribution >= 0.6 is 0 Å². The zero-order chi connectivity index (χ0) is 15.2. The molecule has 3 N–H and O–H groups in total. The van der Waals surface area contributed by atoms with Gasteiger partial charge in [0.15, 0.2) is 11.2 Å². The lowest BCUT2D eigenvalue weighted by Gasteiger charge is -2.23. The molecular formula is C13H12FN3O4. The summed E-state index contributed by atoms with van der Waals surface area (Å²) < 4.78 is 20.2. The third kappa shape index (κ3) is 1.94. The van der Waals surface area contributed by atoms with Crippen LogP contribution in [0.1, 0.15) is 12.6 Å². The average Bonchev–Trinajstić information content (AvgIpc) is 3.00. The van der Waals surface area contributed by atoms with Crippen molar-refractivity contribution in [3.8, 4) is 12.3 Å². The second kappa shape index (κ2) is 4.66. The van der Waals surface area contributed by atoms with Crippen LogP contribution in [0.25, 0.3) is 11.0 Å². The van der Waals surface area contributed by atoms with Crippen molar-refractivity contribution in [3.05, 3.63) is 28.7 Å². The Hall–Kier alpha value is -2.21. The number of rotatable bonds is 2. The summed E-state index contributed by atoms with van der Waals surface area (Å²) in [6, 6.07) is 1.46. The molecule has 0 radical (unpaired) electrons. The van der Waals surface area contributed by atoms with Crippen LogP contribution in [0.15, 0.2) is 17.1 Å². The Balaban J connectivity index is 2.07. The molecule has 0 aromatic carbocycles. The number of hydrogen-bond donors (Lipinski definition) is 3. The SMILES string of the molecule is C#C[C@]1(CO)O[C@@H](n2ccc3c(=O)[nH]c(F)nc32)C[C@@H]1O. The summed E-state index contributed by atoms with van der Waals surface area (Å²) in [4.78, 5) is 17.2. The summed E-state index contributed by atoms with van der Waals surface area (Å²) >= 11 is 0. The van der Waals surface area contributed by atoms with Gasteiger partial charge >= 0.3 is 0 Å². The number of H-pyrrole nitrogens is 1. The molecule has 0 spiro atoms. The van der Waals surface area contributed by atoms with Crippen molar-refractivity contribution in [1.29, 1.82) is 0 Å². The Kier molecular flexibility index (Phi) is 3.06. The van der Waals surface area contributed by atoms with E-state index in [2.05, 4.69) is 10.9 Å². The Bertz CT molecular complexity index is 793. The molecule has 1 saturated heterocycles. The van der Waals surface area contributed by atoms with Crippen LogP contribution in [-0.2, 0) is 4.74 Å². The molecule has 21 heavy (non-hydrogen) atoms. The molecule has 2 aromatic rings. The highest BCUT2D eigenvalue weighted by atomic mass is 19.1. The van der Waals surface area contributed by atoms with Crippen LogP contribution in [0.3, 0.4) is 0 Å². The van der Waals surface area contributed by atoms with E-state index in [1.54, 1.807) is 0 Å². The van der Waals surface area contributed by atoms with Gasteiger partial charge in [-0.2, -0.15) is 9.37 Å². The molecule has 2 aromatic heterocycles. The molecule has 0 bridgehead atoms. The molecule has 8 heteroatoms. The van der Waals surface area contributed by atoms with E-state index < -0.39 is 36.2 Å². The first-order valence-corrected chi connectivity index (χ1v) is 6.21. The van der Waals surface area contributed by atoms with Crippen LogP contribution < -0.4 is 5.56 Å². The lowest BCUT2D eigenvalue weighted by atomic mass is 9.99. The standard InChI is InChI=1S/C13H12FN3O4/c1-2-13(6-18)8(19)5-9(21-13)17-4-3-7-10(17)15-12(14)16-11(7)20/h1,3-4,8-9,18-19H,5-6H2,(H,15,16,20)/t8-,9+,13+/m0/s1. The number of aromatic nitrogens is 3. The molecule has 0 saturated carbocycles. The Labute approximate surface area is 118 Å². The normalized spacial score (nSPS) is 28.9. The highest BCUT2D eigenvalue weighted by Crippen LogP contribution is 2.37. The summed E-state index contributed by atoms with van der Waals surface area (Å²) in [6.07, 6.45) is 4.04. The van der Waals surface area contributed by atoms with Crippen molar-refractivity contribution in [2.75, 3.05) is 6.61 Å². The second-order valence-electron chi connectivity index (χ2n) is 4.83. The van der Waals surface area contributed by atoms with Gasteiger partial charge in [-0.1, -0.05) is 5.92 Å². The van der Waals surface area contributed by atoms with E-state index in [-0.39, 0.29) is 17.5 Å². The number of aromatic amines is 1. The molecule has 1 aliphatic rings. The maximum absolute atomic E-state index is 13.3. The Morgan fingerprint density at radius 2 is 2.48 bits per heavy atom. The first-order chi connectivity index (χ1) is 10.0. The highest BCUT2D eigenvalue weighted by molar-refractivity contribution is 5.74. The average molecular weight is 293 g/mol. The molecular weight excluding hydrogens is 281 g/mol. The molecule has 0 unspecified atom stereocenters. The zero-order valence-corrected chi connectivity index (χ0v) is 10.8. The molecule has 110 valence electrons. The largest absolute Gasteiger partial charge is 0.392 e. The predicted octanol–water partition coefficient (Wildman–Crippen LogP) is -0.492. The Morgan fingerprint density at radius 3 is 3.10 bits per heavy atom. The lowest BCUT2D eigenvalue weighted by Crippen LogP contribution is -2.41. The van der Waals surface area contributed by atoms with E-state index in [4.69, 9.17) is 11.2 Å². The monoisotopic (exact) mass is 293 g/mol. The maximum Gasteiger partial charge on any atom is 0.291 e. The van der Waals surface area contributed by atoms with Gasteiger partial charge in [-0.3, -0.25) is 9.78 Å². The summed E-state index contributed by atoms with van der Waals surface area (Å²) in [7, 11) is 0. The summed E-state index contributed by atoms with van der Waals surface area (Å²) in [5, 5.41) is 19.5. The quantitative estimate of drug-likeness (QED) is 0.512. The molecule has 0 amide bonds. The van der Waals surface area contributed by atoms with Crippen molar-refractivity contribution < 1.29 is 19.3 Å². The van der Waals surface area contributed by atoms with Gasteiger partial charge in [0.2, 0.25) is 0 Å². The predicted molar refractivity (Wildman–Crippen MR) is 69.7 cm³/mol. The molecule has 1 aliphatic heterocycles. The highest BCUT2D eigenvalue weighted by Gasteiger charge is 2.47. The van der Waals surface area contributed by atoms with Crippen LogP contribution in [0.4, 0.5) is 4.39 Å². The first-order valence-electron chi connectivity index (χ1n) is 6.21. The van der Waals surface area contributed by atoms with Crippen LogP contribution in [0, 0.1) is 18.4 Å². The summed E-state index contributed by atoms with van der Waals surface area (Å²) in [6.45, 7) is -0.553. The van der Waals surface area contributed by atoms with Gasteiger partial charge in [0.25, 0.3) is 11.6 Å². The number of terminal acetylenes is 1. The lowest BCUT2D eigenvalue weighted by molar-refractivity contribution is -0.0890. The molecule has 3 rings (SSSR count). The van der Waals surface area contributed by atoms with E-state index >= 15 is 0 Å². The number of hydrogen-bond acceptors (Lipinski definition) is 5. The van der Waals surface area contributed by atoms with E-state index in [0.717, 1.165) is 0 Å². The van der Waals surface area contributed by atoms with E-state index in [1.807, 2.05) is 4.98 Å². The van der Waals surface area contributed by atoms with E-state index in [0.29, 0.717) is 0 Å². The van der Waals surface area contributed by atoms with Crippen LogP contribution in [0.2, 0.25) is 0 Å². The van der Waals surface area contributed by atoms with Gasteiger partial charge in [-0.05, 0) is 6.07 Å². The third-order valence-corrected chi connectivity index (χ3v) is 3.65. The minimum atomic E-state index is -1.51. The minimum absolute atomic E-state index is 0.0826. The van der Waals surface area contributed by atoms with E-state index in [9.17, 15) is 19.4 Å². The fourth-order valence-electron chi connectivity index (χ4n) is 2.49. The van der Waals surface area contributed by atoms with Crippen molar-refractivity contribution in [2.45, 2.75) is 24.4 Å². The van der Waals surface area contributed by atoms with Gasteiger partial charge in [-0.15, -0.1) is 6.42 Å². The van der Waals surface area contributed by atoms with E-state index in [1.165, 1.54) is 16.8 Å². The van der Waals surface area contributed by atoms with Gasteiger partial charge in [0.05, 0.1) is 12.0 Å². The zero-order valence-electron chi connectivity index (χ0n) is 10.8. The molecule has 7 nitrogen and oxygen atoms in total. The number of ether oxygens (including phenoxy) is 1. The number of nitrogens with one attached hydrogen (secondary N) is 1. The van der Waals surface area contributed by atoms with Crippen molar-refractivity contribution >= 4 is 11.0 Å². The van der Waals surface area contributed by atoms with Crippen molar-refractivity contribution in [2.24, 2.45) is 0 Å². The molecule has 1 fully saturated rings. The van der Waals surface area contributed by atoms with Gasteiger partial charge in [-0.25, -0.2) is 0 Å².